The predicted octanol–water partition coefficient (Wildman–Crippen LogP) is 1.73. The number of nitrogens with one attached hydrogen (secondary N) is 1. The van der Waals surface area contributed by atoms with Gasteiger partial charge in [-0.25, -0.2) is 0 Å². The fourth-order valence-corrected chi connectivity index (χ4v) is 2.58. The number of para-hydroxylation sites is 2. The first-order valence-electron chi connectivity index (χ1n) is 7.97. The summed E-state index contributed by atoms with van der Waals surface area (Å²) in [5.74, 6) is 0.0976. The standard InChI is InChI=1S/C17H24N2O4/c1-4-10-18-16(21)17(3)12-19(11-15(20)22-5-2)13-8-6-7-9-14(13)23-17/h6-9H,4-5,10-12H2,1-3H3,(H,18,21). The number of hydrogen-bond donors (Lipinski definition) is 1. The quantitative estimate of drug-likeness (QED) is 0.809. The van der Waals surface area contributed by atoms with Crippen LogP contribution in [0, 0.1) is 0 Å². The van der Waals surface area contributed by atoms with Crippen LogP contribution < -0.4 is 15.0 Å². The molecule has 1 amide bonds. The number of anilines is 1. The summed E-state index contributed by atoms with van der Waals surface area (Å²) in [5, 5.41) is 2.87. The number of benzene rings is 1. The fraction of sp³-hybridized carbons (Fsp3) is 0.529. The number of carbonyl (C=O) groups is 2. The molecule has 1 aliphatic rings. The van der Waals surface area contributed by atoms with Gasteiger partial charge in [-0.2, -0.15) is 0 Å². The van der Waals surface area contributed by atoms with Gasteiger partial charge in [0.25, 0.3) is 5.91 Å². The van der Waals surface area contributed by atoms with Gasteiger partial charge in [-0.05, 0) is 32.4 Å². The fourth-order valence-electron chi connectivity index (χ4n) is 2.58. The van der Waals surface area contributed by atoms with Crippen LogP contribution in [-0.4, -0.2) is 43.7 Å². The summed E-state index contributed by atoms with van der Waals surface area (Å²) < 4.78 is 11.0. The van der Waals surface area contributed by atoms with Crippen molar-refractivity contribution in [3.05, 3.63) is 24.3 Å². The molecular formula is C17H24N2O4. The first kappa shape index (κ1) is 17.1. The lowest BCUT2D eigenvalue weighted by molar-refractivity contribution is -0.142. The molecule has 1 N–H and O–H groups in total. The average Bonchev–Trinajstić information content (AvgIpc) is 2.52. The van der Waals surface area contributed by atoms with Crippen LogP contribution in [0.15, 0.2) is 24.3 Å². The van der Waals surface area contributed by atoms with Crippen LogP contribution in [0.25, 0.3) is 0 Å². The third-order valence-electron chi connectivity index (χ3n) is 3.67. The first-order chi connectivity index (χ1) is 11.0. The molecule has 0 aromatic heterocycles. The summed E-state index contributed by atoms with van der Waals surface area (Å²) in [6.45, 7) is 6.81. The highest BCUT2D eigenvalue weighted by Crippen LogP contribution is 2.36. The lowest BCUT2D eigenvalue weighted by atomic mass is 10.0. The Balaban J connectivity index is 2.24. The molecule has 0 fully saturated rings. The van der Waals surface area contributed by atoms with E-state index in [9.17, 15) is 9.59 Å². The minimum Gasteiger partial charge on any atom is -0.474 e. The van der Waals surface area contributed by atoms with E-state index in [1.807, 2.05) is 30.0 Å². The average molecular weight is 320 g/mol. The minimum absolute atomic E-state index is 0.0882. The lowest BCUT2D eigenvalue weighted by Gasteiger charge is -2.41. The van der Waals surface area contributed by atoms with Crippen molar-refractivity contribution in [2.24, 2.45) is 0 Å². The second-order valence-corrected chi connectivity index (χ2v) is 5.72. The van der Waals surface area contributed by atoms with Crippen molar-refractivity contribution < 1.29 is 19.1 Å². The predicted molar refractivity (Wildman–Crippen MR) is 87.6 cm³/mol. The van der Waals surface area contributed by atoms with E-state index in [2.05, 4.69) is 5.32 Å². The summed E-state index contributed by atoms with van der Waals surface area (Å²) in [7, 11) is 0. The van der Waals surface area contributed by atoms with E-state index in [1.165, 1.54) is 0 Å². The maximum absolute atomic E-state index is 12.5. The molecule has 0 saturated carbocycles. The van der Waals surface area contributed by atoms with Crippen molar-refractivity contribution in [2.75, 3.05) is 31.1 Å². The third-order valence-corrected chi connectivity index (χ3v) is 3.67. The van der Waals surface area contributed by atoms with Crippen LogP contribution in [0.4, 0.5) is 5.69 Å². The summed E-state index contributed by atoms with van der Waals surface area (Å²) in [4.78, 5) is 26.2. The van der Waals surface area contributed by atoms with Gasteiger partial charge in [-0.1, -0.05) is 19.1 Å². The molecule has 0 bridgehead atoms. The largest absolute Gasteiger partial charge is 0.474 e. The third kappa shape index (κ3) is 3.94. The number of fused-ring (bicyclic) bond motifs is 1. The van der Waals surface area contributed by atoms with Gasteiger partial charge in [-0.15, -0.1) is 0 Å². The van der Waals surface area contributed by atoms with E-state index >= 15 is 0 Å². The van der Waals surface area contributed by atoms with Crippen LogP contribution in [0.2, 0.25) is 0 Å². The van der Waals surface area contributed by atoms with Gasteiger partial charge < -0.3 is 19.7 Å². The summed E-state index contributed by atoms with van der Waals surface area (Å²) in [6.07, 6.45) is 0.852. The van der Waals surface area contributed by atoms with Gasteiger partial charge in [0.15, 0.2) is 0 Å². The monoisotopic (exact) mass is 320 g/mol. The zero-order valence-corrected chi connectivity index (χ0v) is 13.9. The molecule has 126 valence electrons. The van der Waals surface area contributed by atoms with Crippen LogP contribution in [0.3, 0.4) is 0 Å². The van der Waals surface area contributed by atoms with Gasteiger partial charge in [0.05, 0.1) is 18.8 Å². The van der Waals surface area contributed by atoms with E-state index in [1.54, 1.807) is 19.9 Å². The van der Waals surface area contributed by atoms with E-state index in [-0.39, 0.29) is 18.4 Å². The van der Waals surface area contributed by atoms with Gasteiger partial charge in [-0.3, -0.25) is 9.59 Å². The van der Waals surface area contributed by atoms with Crippen molar-refractivity contribution >= 4 is 17.6 Å². The number of rotatable bonds is 6. The Hall–Kier alpha value is -2.24. The molecule has 2 rings (SSSR count). The number of carbonyl (C=O) groups excluding carboxylic acids is 2. The molecule has 1 aliphatic heterocycles. The van der Waals surface area contributed by atoms with Crippen LogP contribution in [-0.2, 0) is 14.3 Å². The number of ether oxygens (including phenoxy) is 2. The van der Waals surface area contributed by atoms with Crippen molar-refractivity contribution in [2.45, 2.75) is 32.8 Å². The topological polar surface area (TPSA) is 67.9 Å². The summed E-state index contributed by atoms with van der Waals surface area (Å²) >= 11 is 0. The summed E-state index contributed by atoms with van der Waals surface area (Å²) in [6, 6.07) is 7.40. The van der Waals surface area contributed by atoms with Gasteiger partial charge in [0.1, 0.15) is 12.3 Å². The van der Waals surface area contributed by atoms with E-state index in [4.69, 9.17) is 9.47 Å². The Morgan fingerprint density at radius 1 is 1.35 bits per heavy atom. The minimum atomic E-state index is -1.05. The van der Waals surface area contributed by atoms with Crippen molar-refractivity contribution in [1.82, 2.24) is 5.32 Å². The first-order valence-corrected chi connectivity index (χ1v) is 7.97. The maximum atomic E-state index is 12.5. The molecule has 1 heterocycles. The molecule has 0 saturated heterocycles. The molecule has 0 radical (unpaired) electrons. The van der Waals surface area contributed by atoms with Gasteiger partial charge in [0.2, 0.25) is 5.60 Å². The highest BCUT2D eigenvalue weighted by atomic mass is 16.5. The second-order valence-electron chi connectivity index (χ2n) is 5.72. The van der Waals surface area contributed by atoms with Gasteiger partial charge in [0, 0.05) is 6.54 Å². The maximum Gasteiger partial charge on any atom is 0.325 e. The van der Waals surface area contributed by atoms with Crippen molar-refractivity contribution in [3.8, 4) is 5.75 Å². The Morgan fingerprint density at radius 3 is 2.78 bits per heavy atom. The molecule has 0 spiro atoms. The second kappa shape index (κ2) is 7.35. The Kier molecular flexibility index (Phi) is 5.47. The normalized spacial score (nSPS) is 19.5. The molecule has 6 nitrogen and oxygen atoms in total. The SMILES string of the molecule is CCCNC(=O)C1(C)CN(CC(=O)OCC)c2ccccc2O1. The number of nitrogens with zero attached hydrogens (tertiary/aromatic N) is 1. The van der Waals surface area contributed by atoms with Crippen LogP contribution in [0.1, 0.15) is 27.2 Å². The molecule has 23 heavy (non-hydrogen) atoms. The molecule has 1 aromatic carbocycles. The molecule has 6 heteroatoms. The highest BCUT2D eigenvalue weighted by molar-refractivity contribution is 5.88. The zero-order valence-electron chi connectivity index (χ0n) is 13.9. The Labute approximate surface area is 136 Å². The van der Waals surface area contributed by atoms with Crippen LogP contribution >= 0.6 is 0 Å². The van der Waals surface area contributed by atoms with E-state index in [0.29, 0.717) is 25.4 Å². The number of esters is 1. The Morgan fingerprint density at radius 2 is 2.09 bits per heavy atom. The lowest BCUT2D eigenvalue weighted by Crippen LogP contribution is -2.59. The van der Waals surface area contributed by atoms with E-state index in [0.717, 1.165) is 12.1 Å². The molecule has 1 aromatic rings. The molecular weight excluding hydrogens is 296 g/mol. The smallest absolute Gasteiger partial charge is 0.325 e. The van der Waals surface area contributed by atoms with E-state index < -0.39 is 5.60 Å². The highest BCUT2D eigenvalue weighted by Gasteiger charge is 2.42. The molecule has 0 aliphatic carbocycles. The molecule has 1 atom stereocenters. The molecule has 1 unspecified atom stereocenters. The van der Waals surface area contributed by atoms with Crippen molar-refractivity contribution in [1.29, 1.82) is 0 Å². The number of hydrogen-bond acceptors (Lipinski definition) is 5. The zero-order chi connectivity index (χ0) is 16.9. The Bertz CT molecular complexity index is 575. The summed E-state index contributed by atoms with van der Waals surface area (Å²) in [5.41, 5.74) is -0.253. The van der Waals surface area contributed by atoms with Gasteiger partial charge >= 0.3 is 5.97 Å². The van der Waals surface area contributed by atoms with Crippen LogP contribution in [0.5, 0.6) is 5.75 Å². The number of amides is 1. The van der Waals surface area contributed by atoms with Crippen molar-refractivity contribution in [3.63, 3.8) is 0 Å².